The minimum absolute atomic E-state index is 0.0318. The van der Waals surface area contributed by atoms with E-state index in [1.54, 1.807) is 6.92 Å². The number of carboxylic acids is 1. The number of carbonyl (C=O) groups is 3. The Hall–Kier alpha value is -1.53. The molecule has 0 bridgehead atoms. The maximum Gasteiger partial charge on any atom is 0.306 e. The Bertz CT molecular complexity index is 995. The second-order valence-corrected chi connectivity index (χ2v) is 14.0. The Morgan fingerprint density at radius 3 is 2.25 bits per heavy atom. The van der Waals surface area contributed by atoms with E-state index in [0.29, 0.717) is 25.7 Å². The van der Waals surface area contributed by atoms with Crippen LogP contribution in [0.3, 0.4) is 0 Å². The van der Waals surface area contributed by atoms with E-state index < -0.39 is 24.1 Å². The molecule has 4 rings (SSSR count). The van der Waals surface area contributed by atoms with Crippen LogP contribution in [0.2, 0.25) is 0 Å². The molecule has 6 nitrogen and oxygen atoms in total. The van der Waals surface area contributed by atoms with Crippen LogP contribution in [0.15, 0.2) is 11.1 Å². The number of ketones is 2. The summed E-state index contributed by atoms with van der Waals surface area (Å²) in [6, 6.07) is 0. The summed E-state index contributed by atoms with van der Waals surface area (Å²) < 4.78 is 0. The predicted molar refractivity (Wildman–Crippen MR) is 137 cm³/mol. The fraction of sp³-hybridized carbons (Fsp3) is 0.833. The Kier molecular flexibility index (Phi) is 6.69. The zero-order valence-corrected chi connectivity index (χ0v) is 23.2. The number of carbonyl (C=O) groups excluding carboxylic acids is 2. The van der Waals surface area contributed by atoms with Crippen molar-refractivity contribution in [1.82, 2.24) is 0 Å². The molecule has 0 heterocycles. The van der Waals surface area contributed by atoms with Gasteiger partial charge in [0.1, 0.15) is 5.78 Å². The molecule has 0 radical (unpaired) electrons. The normalized spacial score (nSPS) is 43.3. The molecular weight excluding hydrogens is 456 g/mol. The number of rotatable bonds is 6. The Labute approximate surface area is 215 Å². The first-order chi connectivity index (χ1) is 16.5. The number of hydrogen-bond acceptors (Lipinski definition) is 5. The van der Waals surface area contributed by atoms with Crippen LogP contribution in [-0.2, 0) is 14.4 Å². The van der Waals surface area contributed by atoms with Crippen LogP contribution in [0, 0.1) is 45.3 Å². The molecule has 6 heteroatoms. The number of aliphatic hydroxyl groups excluding tert-OH is 2. The fourth-order valence-corrected chi connectivity index (χ4v) is 9.40. The molecule has 4 aliphatic rings. The number of carboxylic acid groups (broad SMARTS) is 1. The third-order valence-corrected chi connectivity index (χ3v) is 11.7. The van der Waals surface area contributed by atoms with Crippen molar-refractivity contribution >= 4 is 17.5 Å². The summed E-state index contributed by atoms with van der Waals surface area (Å²) in [5.41, 5.74) is 0.341. The molecule has 36 heavy (non-hydrogen) atoms. The summed E-state index contributed by atoms with van der Waals surface area (Å²) in [7, 11) is 0. The quantitative estimate of drug-likeness (QED) is 0.474. The maximum absolute atomic E-state index is 14.1. The molecule has 0 saturated heterocycles. The molecule has 4 aliphatic carbocycles. The van der Waals surface area contributed by atoms with Crippen molar-refractivity contribution < 1.29 is 29.7 Å². The van der Waals surface area contributed by atoms with E-state index in [0.717, 1.165) is 30.4 Å². The summed E-state index contributed by atoms with van der Waals surface area (Å²) >= 11 is 0. The van der Waals surface area contributed by atoms with E-state index in [-0.39, 0.29) is 57.4 Å². The minimum Gasteiger partial charge on any atom is -0.481 e. The number of hydrogen-bond donors (Lipinski definition) is 3. The first-order valence-corrected chi connectivity index (χ1v) is 13.9. The summed E-state index contributed by atoms with van der Waals surface area (Å²) in [6.07, 6.45) is 3.35. The zero-order chi connectivity index (χ0) is 27.0. The third kappa shape index (κ3) is 3.76. The molecule has 1 unspecified atom stereocenters. The fourth-order valence-electron chi connectivity index (χ4n) is 9.40. The third-order valence-electron chi connectivity index (χ3n) is 11.7. The smallest absolute Gasteiger partial charge is 0.306 e. The van der Waals surface area contributed by atoms with Crippen molar-refractivity contribution in [3.63, 3.8) is 0 Å². The van der Waals surface area contributed by atoms with Gasteiger partial charge in [-0.15, -0.1) is 0 Å². The summed E-state index contributed by atoms with van der Waals surface area (Å²) in [5, 5.41) is 31.6. The van der Waals surface area contributed by atoms with Crippen molar-refractivity contribution in [2.75, 3.05) is 0 Å². The van der Waals surface area contributed by atoms with Crippen molar-refractivity contribution in [3.05, 3.63) is 11.1 Å². The Morgan fingerprint density at radius 1 is 1.00 bits per heavy atom. The van der Waals surface area contributed by atoms with Crippen LogP contribution in [0.5, 0.6) is 0 Å². The Balaban J connectivity index is 1.69. The van der Waals surface area contributed by atoms with Crippen LogP contribution in [0.25, 0.3) is 0 Å². The van der Waals surface area contributed by atoms with Crippen LogP contribution in [0.4, 0.5) is 0 Å². The van der Waals surface area contributed by atoms with Crippen molar-refractivity contribution in [2.24, 2.45) is 45.3 Å². The van der Waals surface area contributed by atoms with Gasteiger partial charge in [-0.05, 0) is 77.1 Å². The highest BCUT2D eigenvalue weighted by Crippen LogP contribution is 2.71. The first-order valence-electron chi connectivity index (χ1n) is 13.9. The minimum atomic E-state index is -0.953. The molecule has 0 spiro atoms. The van der Waals surface area contributed by atoms with Gasteiger partial charge in [0.2, 0.25) is 0 Å². The highest BCUT2D eigenvalue weighted by atomic mass is 16.4. The van der Waals surface area contributed by atoms with Gasteiger partial charge in [0.05, 0.1) is 18.1 Å². The first kappa shape index (κ1) is 27.5. The zero-order valence-electron chi connectivity index (χ0n) is 23.2. The van der Waals surface area contributed by atoms with Crippen LogP contribution in [0.1, 0.15) is 99.8 Å². The second-order valence-electron chi connectivity index (χ2n) is 14.0. The molecule has 9 atom stereocenters. The molecule has 202 valence electrons. The van der Waals surface area contributed by atoms with Gasteiger partial charge in [-0.25, -0.2) is 0 Å². The van der Waals surface area contributed by atoms with Gasteiger partial charge < -0.3 is 15.3 Å². The number of allylic oxidation sites excluding steroid dienone is 1. The average Bonchev–Trinajstić information content (AvgIpc) is 3.03. The maximum atomic E-state index is 14.1. The lowest BCUT2D eigenvalue weighted by molar-refractivity contribution is -0.143. The van der Waals surface area contributed by atoms with Crippen molar-refractivity contribution in [2.45, 2.75) is 112 Å². The predicted octanol–water partition coefficient (Wildman–Crippen LogP) is 4.95. The number of Topliss-reactive ketones (excluding diaryl/α,β-unsaturated/α-hetero) is 2. The lowest BCUT2D eigenvalue weighted by Crippen LogP contribution is -2.59. The largest absolute Gasteiger partial charge is 0.481 e. The van der Waals surface area contributed by atoms with Gasteiger partial charge >= 0.3 is 5.97 Å². The van der Waals surface area contributed by atoms with E-state index in [1.165, 1.54) is 0 Å². The van der Waals surface area contributed by atoms with Crippen LogP contribution in [-0.4, -0.2) is 45.1 Å². The molecule has 0 aliphatic heterocycles. The van der Waals surface area contributed by atoms with E-state index in [9.17, 15) is 29.7 Å². The lowest BCUT2D eigenvalue weighted by Gasteiger charge is -2.62. The molecular formula is C30H46O6. The van der Waals surface area contributed by atoms with Gasteiger partial charge in [0, 0.05) is 24.8 Å². The molecule has 2 fully saturated rings. The van der Waals surface area contributed by atoms with Crippen LogP contribution >= 0.6 is 0 Å². The van der Waals surface area contributed by atoms with E-state index in [4.69, 9.17) is 0 Å². The van der Waals surface area contributed by atoms with Gasteiger partial charge in [0.15, 0.2) is 5.78 Å². The summed E-state index contributed by atoms with van der Waals surface area (Å²) in [6.45, 7) is 14.4. The SMILES string of the molecule is CC(CC(=O)C[C@@H](C)[C@H]1CC[C@@]2(C)C3=C(C(=O)C[C@]12C)[C@@]1(C)CC[C@H](O)C(C)(C)[C@@H]1C[C@@H]3O)C(=O)O. The molecule has 0 aromatic rings. The highest BCUT2D eigenvalue weighted by Gasteiger charge is 2.67. The van der Waals surface area contributed by atoms with Gasteiger partial charge in [-0.1, -0.05) is 48.5 Å². The van der Waals surface area contributed by atoms with Crippen LogP contribution < -0.4 is 0 Å². The summed E-state index contributed by atoms with van der Waals surface area (Å²) in [4.78, 5) is 38.0. The molecule has 0 aromatic heterocycles. The highest BCUT2D eigenvalue weighted by molar-refractivity contribution is 6.00. The van der Waals surface area contributed by atoms with Gasteiger partial charge in [0.25, 0.3) is 0 Å². The second kappa shape index (κ2) is 8.76. The number of aliphatic hydroxyl groups is 2. The molecule has 3 N–H and O–H groups in total. The van der Waals surface area contributed by atoms with Crippen molar-refractivity contribution in [3.8, 4) is 0 Å². The van der Waals surface area contributed by atoms with Gasteiger partial charge in [-0.3, -0.25) is 14.4 Å². The Morgan fingerprint density at radius 2 is 1.64 bits per heavy atom. The topological polar surface area (TPSA) is 112 Å². The molecule has 0 amide bonds. The van der Waals surface area contributed by atoms with E-state index in [1.807, 2.05) is 0 Å². The monoisotopic (exact) mass is 502 g/mol. The van der Waals surface area contributed by atoms with Gasteiger partial charge in [-0.2, -0.15) is 0 Å². The number of fused-ring (bicyclic) bond motifs is 4. The number of aliphatic carboxylic acids is 1. The van der Waals surface area contributed by atoms with E-state index >= 15 is 0 Å². The molecule has 2 saturated carbocycles. The lowest BCUT2D eigenvalue weighted by atomic mass is 9.42. The average molecular weight is 503 g/mol. The standard InChI is InChI=1S/C30H46O6/c1-16(12-18(31)13-17(2)26(35)36)19-8-11-29(6)25-20(32)14-22-27(3,4)23(34)9-10-28(22,5)24(25)21(33)15-30(19,29)7/h16-17,19-20,22-23,32,34H,8-15H2,1-7H3,(H,35,36)/t16-,17?,19-,20+,22+,23+,28+,29+,30-/m1/s1. The summed E-state index contributed by atoms with van der Waals surface area (Å²) in [5.74, 6) is -1.34. The van der Waals surface area contributed by atoms with E-state index in [2.05, 4.69) is 41.5 Å². The molecule has 0 aromatic carbocycles. The van der Waals surface area contributed by atoms with Crippen molar-refractivity contribution in [1.29, 1.82) is 0 Å².